The lowest BCUT2D eigenvalue weighted by molar-refractivity contribution is -0.388. The number of sulfone groups is 1. The summed E-state index contributed by atoms with van der Waals surface area (Å²) in [4.78, 5) is 15.9. The van der Waals surface area contributed by atoms with Crippen molar-refractivity contribution in [2.75, 3.05) is 24.7 Å². The van der Waals surface area contributed by atoms with Crippen LogP contribution in [0.5, 0.6) is 0 Å². The largest absolute Gasteiger partial charge is 0.363 e. The zero-order valence-corrected chi connectivity index (χ0v) is 13.4. The van der Waals surface area contributed by atoms with Crippen LogP contribution in [0, 0.1) is 10.1 Å². The van der Waals surface area contributed by atoms with Gasteiger partial charge in [0, 0.05) is 20.2 Å². The van der Waals surface area contributed by atoms with Crippen LogP contribution in [0.4, 0.5) is 11.5 Å². The molecule has 1 aromatic rings. The maximum Gasteiger partial charge on any atom is 0.306 e. The number of hydrogen-bond donors (Lipinski definition) is 0. The molecule has 0 unspecified atom stereocenters. The summed E-state index contributed by atoms with van der Waals surface area (Å²) in [6.45, 7) is 2.03. The van der Waals surface area contributed by atoms with E-state index in [1.54, 1.807) is 19.0 Å². The number of nitrogens with zero attached hydrogens (tertiary/aromatic N) is 3. The maximum atomic E-state index is 12.3. The molecule has 1 heterocycles. The number of nitro groups is 1. The van der Waals surface area contributed by atoms with Crippen LogP contribution in [-0.4, -0.2) is 38.2 Å². The van der Waals surface area contributed by atoms with Crippen molar-refractivity contribution >= 4 is 21.3 Å². The van der Waals surface area contributed by atoms with E-state index in [1.807, 2.05) is 6.92 Å². The molecular formula is C13H21N3O4S. The minimum atomic E-state index is -3.75. The third-order valence-corrected chi connectivity index (χ3v) is 4.76. The Morgan fingerprint density at radius 2 is 1.90 bits per heavy atom. The van der Waals surface area contributed by atoms with E-state index in [0.717, 1.165) is 19.3 Å². The summed E-state index contributed by atoms with van der Waals surface area (Å²) in [5.41, 5.74) is -0.462. The summed E-state index contributed by atoms with van der Waals surface area (Å²) >= 11 is 0. The first-order valence-corrected chi connectivity index (χ1v) is 8.50. The molecule has 21 heavy (non-hydrogen) atoms. The molecule has 0 saturated heterocycles. The number of anilines is 1. The molecule has 0 aliphatic heterocycles. The second-order valence-electron chi connectivity index (χ2n) is 5.02. The Morgan fingerprint density at radius 3 is 2.43 bits per heavy atom. The van der Waals surface area contributed by atoms with Crippen molar-refractivity contribution in [2.24, 2.45) is 0 Å². The summed E-state index contributed by atoms with van der Waals surface area (Å²) < 4.78 is 24.6. The molecule has 0 aliphatic rings. The number of aromatic nitrogens is 1. The summed E-state index contributed by atoms with van der Waals surface area (Å²) in [7, 11) is -0.351. The Hall–Kier alpha value is -1.70. The van der Waals surface area contributed by atoms with E-state index in [4.69, 9.17) is 0 Å². The molecule has 118 valence electrons. The second kappa shape index (κ2) is 7.35. The van der Waals surface area contributed by atoms with Gasteiger partial charge in [-0.2, -0.15) is 0 Å². The molecule has 0 aromatic carbocycles. The quantitative estimate of drug-likeness (QED) is 0.415. The summed E-state index contributed by atoms with van der Waals surface area (Å²) in [6, 6.07) is 2.63. The minimum absolute atomic E-state index is 0.113. The fourth-order valence-corrected chi connectivity index (χ4v) is 3.33. The molecule has 0 N–H and O–H groups in total. The lowest BCUT2D eigenvalue weighted by Crippen LogP contribution is -2.16. The molecule has 0 spiro atoms. The van der Waals surface area contributed by atoms with Crippen molar-refractivity contribution in [3.8, 4) is 0 Å². The van der Waals surface area contributed by atoms with Gasteiger partial charge in [-0.15, -0.1) is 0 Å². The number of rotatable bonds is 8. The van der Waals surface area contributed by atoms with Gasteiger partial charge >= 0.3 is 5.69 Å². The van der Waals surface area contributed by atoms with Gasteiger partial charge in [0.25, 0.3) is 0 Å². The third kappa shape index (κ3) is 4.66. The van der Waals surface area contributed by atoms with Gasteiger partial charge in [0.2, 0.25) is 14.9 Å². The van der Waals surface area contributed by atoms with Gasteiger partial charge in [-0.1, -0.05) is 26.2 Å². The SMILES string of the molecule is CCCCCCS(=O)(=O)c1nc(N(C)C)ccc1[N+](=O)[O-]. The second-order valence-corrected chi connectivity index (χ2v) is 7.05. The zero-order valence-electron chi connectivity index (χ0n) is 12.6. The smallest absolute Gasteiger partial charge is 0.306 e. The van der Waals surface area contributed by atoms with Gasteiger partial charge in [-0.25, -0.2) is 13.4 Å². The molecule has 1 rings (SSSR count). The molecule has 0 saturated carbocycles. The predicted molar refractivity (Wildman–Crippen MR) is 81.4 cm³/mol. The average molecular weight is 315 g/mol. The van der Waals surface area contributed by atoms with E-state index in [9.17, 15) is 18.5 Å². The third-order valence-electron chi connectivity index (χ3n) is 3.04. The number of pyridine rings is 1. The minimum Gasteiger partial charge on any atom is -0.363 e. The van der Waals surface area contributed by atoms with E-state index in [2.05, 4.69) is 4.98 Å². The van der Waals surface area contributed by atoms with E-state index in [1.165, 1.54) is 12.1 Å². The van der Waals surface area contributed by atoms with E-state index in [-0.39, 0.29) is 5.75 Å². The lowest BCUT2D eigenvalue weighted by atomic mass is 10.2. The molecule has 0 aliphatic carbocycles. The van der Waals surface area contributed by atoms with E-state index >= 15 is 0 Å². The molecule has 0 bridgehead atoms. The van der Waals surface area contributed by atoms with Crippen LogP contribution in [0.3, 0.4) is 0 Å². The van der Waals surface area contributed by atoms with Crippen LogP contribution in [-0.2, 0) is 9.84 Å². The van der Waals surface area contributed by atoms with Crippen molar-refractivity contribution in [3.63, 3.8) is 0 Å². The Labute approximate surface area is 125 Å². The highest BCUT2D eigenvalue weighted by Crippen LogP contribution is 2.26. The van der Waals surface area contributed by atoms with Gasteiger partial charge in [0.1, 0.15) is 5.82 Å². The van der Waals surface area contributed by atoms with Crippen molar-refractivity contribution in [1.29, 1.82) is 0 Å². The predicted octanol–water partition coefficient (Wildman–Crippen LogP) is 2.41. The van der Waals surface area contributed by atoms with Crippen LogP contribution in [0.2, 0.25) is 0 Å². The Balaban J connectivity index is 3.12. The zero-order chi connectivity index (χ0) is 16.0. The topological polar surface area (TPSA) is 93.4 Å². The molecule has 7 nitrogen and oxygen atoms in total. The fourth-order valence-electron chi connectivity index (χ4n) is 1.86. The number of hydrogen-bond acceptors (Lipinski definition) is 6. The van der Waals surface area contributed by atoms with Crippen LogP contribution < -0.4 is 4.90 Å². The summed E-state index contributed by atoms with van der Waals surface area (Å²) in [6.07, 6.45) is 3.22. The van der Waals surface area contributed by atoms with Gasteiger partial charge in [0.15, 0.2) is 0 Å². The van der Waals surface area contributed by atoms with Gasteiger partial charge in [-0.3, -0.25) is 10.1 Å². The van der Waals surface area contributed by atoms with Crippen LogP contribution in [0.25, 0.3) is 0 Å². The monoisotopic (exact) mass is 315 g/mol. The van der Waals surface area contributed by atoms with Crippen molar-refractivity contribution in [3.05, 3.63) is 22.2 Å². The number of unbranched alkanes of at least 4 members (excludes halogenated alkanes) is 3. The van der Waals surface area contributed by atoms with Crippen molar-refractivity contribution < 1.29 is 13.3 Å². The first-order chi connectivity index (χ1) is 9.79. The molecule has 0 atom stereocenters. The average Bonchev–Trinajstić information content (AvgIpc) is 2.42. The highest BCUT2D eigenvalue weighted by molar-refractivity contribution is 7.91. The van der Waals surface area contributed by atoms with Gasteiger partial charge in [0.05, 0.1) is 10.7 Å². The highest BCUT2D eigenvalue weighted by atomic mass is 32.2. The Kier molecular flexibility index (Phi) is 6.07. The van der Waals surface area contributed by atoms with E-state index in [0.29, 0.717) is 12.2 Å². The summed E-state index contributed by atoms with van der Waals surface area (Å²) in [5, 5.41) is 10.6. The summed E-state index contributed by atoms with van der Waals surface area (Å²) in [5.74, 6) is 0.269. The first-order valence-electron chi connectivity index (χ1n) is 6.85. The van der Waals surface area contributed by atoms with Crippen LogP contribution in [0.15, 0.2) is 17.2 Å². The molecular weight excluding hydrogens is 294 g/mol. The highest BCUT2D eigenvalue weighted by Gasteiger charge is 2.28. The van der Waals surface area contributed by atoms with Crippen LogP contribution in [0.1, 0.15) is 32.6 Å². The van der Waals surface area contributed by atoms with Crippen molar-refractivity contribution in [2.45, 2.75) is 37.6 Å². The Bertz CT molecular complexity index is 599. The maximum absolute atomic E-state index is 12.3. The molecule has 0 fully saturated rings. The molecule has 8 heteroatoms. The van der Waals surface area contributed by atoms with Gasteiger partial charge < -0.3 is 4.90 Å². The van der Waals surface area contributed by atoms with E-state index < -0.39 is 25.5 Å². The molecule has 0 radical (unpaired) electrons. The normalized spacial score (nSPS) is 11.4. The molecule has 1 aromatic heterocycles. The fraction of sp³-hybridized carbons (Fsp3) is 0.615. The lowest BCUT2D eigenvalue weighted by Gasteiger charge is -2.12. The Morgan fingerprint density at radius 1 is 1.24 bits per heavy atom. The molecule has 0 amide bonds. The first kappa shape index (κ1) is 17.4. The van der Waals surface area contributed by atoms with Gasteiger partial charge in [-0.05, 0) is 12.5 Å². The van der Waals surface area contributed by atoms with Crippen molar-refractivity contribution in [1.82, 2.24) is 4.98 Å². The standard InChI is InChI=1S/C13H21N3O4S/c1-4-5-6-7-10-21(19,20)13-11(16(17)18)8-9-12(14-13)15(2)3/h8-9H,4-7,10H2,1-3H3. The van der Waals surface area contributed by atoms with Crippen LogP contribution >= 0.6 is 0 Å².